The van der Waals surface area contributed by atoms with Crippen LogP contribution < -0.4 is 0 Å². The predicted octanol–water partition coefficient (Wildman–Crippen LogP) is 4.65. The molecular formula is C21H22Cl2F3N3O3S. The number of alkyl halides is 3. The largest absolute Gasteiger partial charge is 0.417 e. The van der Waals surface area contributed by atoms with Gasteiger partial charge >= 0.3 is 6.18 Å². The first-order valence-corrected chi connectivity index (χ1v) is 12.3. The van der Waals surface area contributed by atoms with Crippen LogP contribution in [-0.2, 0) is 27.4 Å². The number of amides is 1. The van der Waals surface area contributed by atoms with Crippen LogP contribution in [0, 0.1) is 0 Å². The van der Waals surface area contributed by atoms with E-state index in [1.54, 1.807) is 4.90 Å². The molecule has 12 heteroatoms. The van der Waals surface area contributed by atoms with E-state index >= 15 is 0 Å². The number of hydrogen-bond acceptors (Lipinski definition) is 4. The molecule has 2 heterocycles. The Balaban J connectivity index is 1.64. The van der Waals surface area contributed by atoms with Gasteiger partial charge in [0.25, 0.3) is 0 Å². The Morgan fingerprint density at radius 1 is 1.18 bits per heavy atom. The molecule has 1 saturated heterocycles. The summed E-state index contributed by atoms with van der Waals surface area (Å²) in [5.74, 6) is -0.211. The van der Waals surface area contributed by atoms with Crippen molar-refractivity contribution in [2.45, 2.75) is 43.3 Å². The van der Waals surface area contributed by atoms with Crippen molar-refractivity contribution in [2.24, 2.45) is 0 Å². The molecule has 6 nitrogen and oxygen atoms in total. The Morgan fingerprint density at radius 2 is 1.79 bits per heavy atom. The van der Waals surface area contributed by atoms with Gasteiger partial charge in [0.2, 0.25) is 15.9 Å². The van der Waals surface area contributed by atoms with Crippen LogP contribution in [0.15, 0.2) is 41.4 Å². The lowest BCUT2D eigenvalue weighted by Crippen LogP contribution is -2.48. The zero-order valence-electron chi connectivity index (χ0n) is 17.6. The van der Waals surface area contributed by atoms with Gasteiger partial charge in [-0.3, -0.25) is 9.78 Å². The van der Waals surface area contributed by atoms with Gasteiger partial charge in [0.1, 0.15) is 0 Å². The van der Waals surface area contributed by atoms with E-state index in [9.17, 15) is 26.4 Å². The second kappa shape index (κ2) is 10.2. The summed E-state index contributed by atoms with van der Waals surface area (Å²) in [6, 6.07) is 6.55. The average Bonchev–Trinajstić information content (AvgIpc) is 2.74. The number of carbonyl (C=O) groups is 1. The molecule has 1 aromatic heterocycles. The van der Waals surface area contributed by atoms with Crippen LogP contribution in [0.4, 0.5) is 13.2 Å². The summed E-state index contributed by atoms with van der Waals surface area (Å²) >= 11 is 11.8. The van der Waals surface area contributed by atoms with E-state index < -0.39 is 21.8 Å². The van der Waals surface area contributed by atoms with Crippen LogP contribution in [0.2, 0.25) is 10.0 Å². The minimum atomic E-state index is -4.54. The van der Waals surface area contributed by atoms with Gasteiger partial charge in [-0.2, -0.15) is 17.5 Å². The number of rotatable bonds is 6. The first-order valence-electron chi connectivity index (χ1n) is 10.1. The SMILES string of the molecule is CC(=O)N(CCc1ncc(C(F)(F)F)cc1Cl)C1CCN(S(=O)(=O)c2ccc(Cl)cc2)CC1. The van der Waals surface area contributed by atoms with Crippen molar-refractivity contribution in [3.63, 3.8) is 0 Å². The van der Waals surface area contributed by atoms with E-state index in [4.69, 9.17) is 23.2 Å². The number of carbonyl (C=O) groups excluding carboxylic acids is 1. The highest BCUT2D eigenvalue weighted by Crippen LogP contribution is 2.31. The maximum absolute atomic E-state index is 12.9. The Morgan fingerprint density at radius 3 is 2.30 bits per heavy atom. The van der Waals surface area contributed by atoms with Crippen molar-refractivity contribution in [1.82, 2.24) is 14.2 Å². The molecule has 33 heavy (non-hydrogen) atoms. The fraction of sp³-hybridized carbons (Fsp3) is 0.429. The van der Waals surface area contributed by atoms with Crippen molar-refractivity contribution in [3.8, 4) is 0 Å². The molecule has 3 rings (SSSR count). The molecule has 0 unspecified atom stereocenters. The molecule has 1 aliphatic rings. The number of aromatic nitrogens is 1. The summed E-state index contributed by atoms with van der Waals surface area (Å²) in [6.45, 7) is 2.08. The second-order valence-electron chi connectivity index (χ2n) is 7.70. The first-order chi connectivity index (χ1) is 15.4. The van der Waals surface area contributed by atoms with Crippen molar-refractivity contribution in [3.05, 3.63) is 57.8 Å². The quantitative estimate of drug-likeness (QED) is 0.552. The van der Waals surface area contributed by atoms with Crippen LogP contribution in [0.5, 0.6) is 0 Å². The molecule has 1 amide bonds. The summed E-state index contributed by atoms with van der Waals surface area (Å²) in [6.07, 6.45) is -2.78. The van der Waals surface area contributed by atoms with Gasteiger partial charge in [0, 0.05) is 50.2 Å². The van der Waals surface area contributed by atoms with E-state index in [-0.39, 0.29) is 53.6 Å². The van der Waals surface area contributed by atoms with Gasteiger partial charge in [0.15, 0.2) is 0 Å². The summed E-state index contributed by atoms with van der Waals surface area (Å²) in [4.78, 5) is 17.8. The first kappa shape index (κ1) is 25.7. The van der Waals surface area contributed by atoms with Crippen molar-refractivity contribution in [1.29, 1.82) is 0 Å². The van der Waals surface area contributed by atoms with Crippen LogP contribution in [0.1, 0.15) is 31.0 Å². The number of pyridine rings is 1. The fourth-order valence-corrected chi connectivity index (χ4v) is 5.64. The number of nitrogens with zero attached hydrogens (tertiary/aromatic N) is 3. The summed E-state index contributed by atoms with van der Waals surface area (Å²) in [5, 5.41) is 0.324. The van der Waals surface area contributed by atoms with Crippen molar-refractivity contribution < 1.29 is 26.4 Å². The van der Waals surface area contributed by atoms with Crippen LogP contribution in [0.3, 0.4) is 0 Å². The maximum Gasteiger partial charge on any atom is 0.417 e. The lowest BCUT2D eigenvalue weighted by molar-refractivity contribution is -0.137. The molecule has 2 aromatic rings. The molecule has 1 aromatic carbocycles. The third-order valence-electron chi connectivity index (χ3n) is 5.55. The van der Waals surface area contributed by atoms with E-state index in [1.165, 1.54) is 35.5 Å². The third kappa shape index (κ3) is 6.17. The van der Waals surface area contributed by atoms with Crippen LogP contribution >= 0.6 is 23.2 Å². The van der Waals surface area contributed by atoms with E-state index in [2.05, 4.69) is 4.98 Å². The van der Waals surface area contributed by atoms with E-state index in [1.807, 2.05) is 0 Å². The summed E-state index contributed by atoms with van der Waals surface area (Å²) in [7, 11) is -3.67. The van der Waals surface area contributed by atoms with Gasteiger partial charge in [-0.25, -0.2) is 8.42 Å². The number of hydrogen-bond donors (Lipinski definition) is 0. The second-order valence-corrected chi connectivity index (χ2v) is 10.5. The van der Waals surface area contributed by atoms with Crippen LogP contribution in [0.25, 0.3) is 0 Å². The Kier molecular flexibility index (Phi) is 7.93. The van der Waals surface area contributed by atoms with E-state index in [0.717, 1.165) is 12.3 Å². The highest BCUT2D eigenvalue weighted by atomic mass is 35.5. The van der Waals surface area contributed by atoms with Crippen LogP contribution in [-0.4, -0.2) is 54.2 Å². The Labute approximate surface area is 200 Å². The van der Waals surface area contributed by atoms with Crippen molar-refractivity contribution >= 4 is 39.1 Å². The summed E-state index contributed by atoms with van der Waals surface area (Å²) < 4.78 is 65.5. The fourth-order valence-electron chi connectivity index (χ4n) is 3.78. The lowest BCUT2D eigenvalue weighted by Gasteiger charge is -2.37. The Bertz CT molecular complexity index is 1100. The third-order valence-corrected chi connectivity index (χ3v) is 8.05. The minimum Gasteiger partial charge on any atom is -0.339 e. The molecule has 0 N–H and O–H groups in total. The average molecular weight is 524 g/mol. The van der Waals surface area contributed by atoms with Gasteiger partial charge in [-0.15, -0.1) is 0 Å². The predicted molar refractivity (Wildman–Crippen MR) is 119 cm³/mol. The number of piperidine rings is 1. The standard InChI is InChI=1S/C21H22Cl2F3N3O3S/c1-14(30)29(11-8-20-19(23)12-15(13-27-20)21(24,25)26)17-6-9-28(10-7-17)33(31,32)18-4-2-16(22)3-5-18/h2-5,12-13,17H,6-11H2,1H3. The van der Waals surface area contributed by atoms with Crippen molar-refractivity contribution in [2.75, 3.05) is 19.6 Å². The molecule has 1 aliphatic heterocycles. The molecule has 180 valence electrons. The van der Waals surface area contributed by atoms with Gasteiger partial charge < -0.3 is 4.90 Å². The molecule has 0 bridgehead atoms. The highest BCUT2D eigenvalue weighted by Gasteiger charge is 2.33. The minimum absolute atomic E-state index is 0.114. The molecule has 0 saturated carbocycles. The monoisotopic (exact) mass is 523 g/mol. The topological polar surface area (TPSA) is 70.6 Å². The molecule has 1 fully saturated rings. The van der Waals surface area contributed by atoms with Gasteiger partial charge in [-0.1, -0.05) is 23.2 Å². The molecular weight excluding hydrogens is 502 g/mol. The zero-order valence-corrected chi connectivity index (χ0v) is 20.0. The Hall–Kier alpha value is -1.88. The smallest absolute Gasteiger partial charge is 0.339 e. The normalized spacial score (nSPS) is 16.1. The van der Waals surface area contributed by atoms with Gasteiger partial charge in [-0.05, 0) is 43.2 Å². The lowest BCUT2D eigenvalue weighted by atomic mass is 10.0. The van der Waals surface area contributed by atoms with Gasteiger partial charge in [0.05, 0.1) is 21.2 Å². The maximum atomic E-state index is 12.9. The zero-order chi connectivity index (χ0) is 24.4. The highest BCUT2D eigenvalue weighted by molar-refractivity contribution is 7.89. The molecule has 0 radical (unpaired) electrons. The van der Waals surface area contributed by atoms with E-state index in [0.29, 0.717) is 17.9 Å². The molecule has 0 aliphatic carbocycles. The molecule has 0 spiro atoms. The number of halogens is 5. The number of benzene rings is 1. The number of sulfonamides is 1. The molecule has 0 atom stereocenters. The summed E-state index contributed by atoms with van der Waals surface area (Å²) in [5.41, 5.74) is -0.674.